The Labute approximate surface area is 117 Å². The molecule has 0 aromatic heterocycles. The third kappa shape index (κ3) is 8.03. The summed E-state index contributed by atoms with van der Waals surface area (Å²) in [7, 11) is -1.13. The van der Waals surface area contributed by atoms with Crippen LogP contribution in [0.4, 0.5) is 0 Å². The fourth-order valence-corrected chi connectivity index (χ4v) is 2.20. The molecule has 0 N–H and O–H groups in total. The predicted molar refractivity (Wildman–Crippen MR) is 81.2 cm³/mol. The topological polar surface area (TPSA) is 27.7 Å². The van der Waals surface area contributed by atoms with Gasteiger partial charge in [0, 0.05) is 6.23 Å². The summed E-state index contributed by atoms with van der Waals surface area (Å²) in [5.41, 5.74) is 1.13. The van der Waals surface area contributed by atoms with Gasteiger partial charge in [-0.15, -0.1) is 0 Å². The molecular weight excluding hydrogens is 256 g/mol. The van der Waals surface area contributed by atoms with E-state index in [0.717, 1.165) is 17.5 Å². The molecule has 19 heavy (non-hydrogen) atoms. The molecule has 1 rings (SSSR count). The molecule has 0 saturated heterocycles. The molecule has 0 bridgehead atoms. The van der Waals surface area contributed by atoms with E-state index in [4.69, 9.17) is 14.2 Å². The normalized spacial score (nSPS) is 11.9. The maximum Gasteiger partial charge on any atom is 0.146 e. The zero-order valence-electron chi connectivity index (χ0n) is 12.7. The minimum Gasteiger partial charge on any atom is -0.491 e. The minimum absolute atomic E-state index is 0.206. The monoisotopic (exact) mass is 282 g/mol. The number of hydrogen-bond donors (Lipinski definition) is 0. The van der Waals surface area contributed by atoms with Crippen molar-refractivity contribution < 1.29 is 14.2 Å². The molecular formula is C15H26O3Si. The van der Waals surface area contributed by atoms with Crippen LogP contribution in [0.25, 0.3) is 0 Å². The van der Waals surface area contributed by atoms with E-state index >= 15 is 0 Å². The molecule has 0 unspecified atom stereocenters. The smallest absolute Gasteiger partial charge is 0.146 e. The molecule has 4 heteroatoms. The molecule has 0 amide bonds. The van der Waals surface area contributed by atoms with E-state index in [2.05, 4.69) is 19.6 Å². The Balaban J connectivity index is 2.23. The summed E-state index contributed by atoms with van der Waals surface area (Å²) in [5, 5.41) is 0. The van der Waals surface area contributed by atoms with Gasteiger partial charge in [-0.05, 0) is 31.5 Å². The Morgan fingerprint density at radius 2 is 1.63 bits per heavy atom. The Morgan fingerprint density at radius 1 is 1.00 bits per heavy atom. The second kappa shape index (κ2) is 7.67. The van der Waals surface area contributed by atoms with Crippen molar-refractivity contribution in [2.24, 2.45) is 0 Å². The highest BCUT2D eigenvalue weighted by atomic mass is 28.3. The van der Waals surface area contributed by atoms with Crippen molar-refractivity contribution in [3.63, 3.8) is 0 Å². The highest BCUT2D eigenvalue weighted by molar-refractivity contribution is 6.76. The molecule has 0 aliphatic heterocycles. The fraction of sp³-hybridized carbons (Fsp3) is 0.600. The van der Waals surface area contributed by atoms with Crippen LogP contribution in [0.3, 0.4) is 0 Å². The zero-order valence-corrected chi connectivity index (χ0v) is 13.7. The summed E-state index contributed by atoms with van der Waals surface area (Å²) < 4.78 is 16.6. The van der Waals surface area contributed by atoms with Gasteiger partial charge < -0.3 is 14.2 Å². The molecule has 1 aromatic rings. The van der Waals surface area contributed by atoms with Gasteiger partial charge in [-0.3, -0.25) is 0 Å². The van der Waals surface area contributed by atoms with E-state index in [0.29, 0.717) is 13.4 Å². The van der Waals surface area contributed by atoms with Gasteiger partial charge in [0.25, 0.3) is 0 Å². The lowest BCUT2D eigenvalue weighted by atomic mass is 10.2. The average molecular weight is 282 g/mol. The van der Waals surface area contributed by atoms with Crippen LogP contribution >= 0.6 is 0 Å². The number of hydrogen-bond acceptors (Lipinski definition) is 3. The lowest BCUT2D eigenvalue weighted by molar-refractivity contribution is -0.0481. The third-order valence-electron chi connectivity index (χ3n) is 2.27. The number of ether oxygens (including phenoxy) is 3. The number of rotatable bonds is 8. The third-order valence-corrected chi connectivity index (χ3v) is 3.34. The van der Waals surface area contributed by atoms with Gasteiger partial charge in [0.2, 0.25) is 0 Å². The van der Waals surface area contributed by atoms with Crippen molar-refractivity contribution in [3.8, 4) is 5.75 Å². The lowest BCUT2D eigenvalue weighted by Gasteiger charge is -2.15. The fourth-order valence-electron chi connectivity index (χ4n) is 1.50. The number of benzene rings is 1. The Kier molecular flexibility index (Phi) is 6.55. The Morgan fingerprint density at radius 3 is 2.16 bits per heavy atom. The zero-order chi connectivity index (χ0) is 14.3. The summed E-state index contributed by atoms with van der Waals surface area (Å²) in [6, 6.07) is 8.00. The first kappa shape index (κ1) is 16.2. The Hall–Kier alpha value is -0.843. The van der Waals surface area contributed by atoms with Gasteiger partial charge in [-0.2, -0.15) is 0 Å². The molecule has 0 radical (unpaired) electrons. The van der Waals surface area contributed by atoms with E-state index in [9.17, 15) is 0 Å². The van der Waals surface area contributed by atoms with Crippen molar-refractivity contribution in [3.05, 3.63) is 29.8 Å². The van der Waals surface area contributed by atoms with E-state index in [1.807, 2.05) is 38.1 Å². The van der Waals surface area contributed by atoms with Crippen LogP contribution in [-0.4, -0.2) is 27.2 Å². The summed E-state index contributed by atoms with van der Waals surface area (Å²) in [4.78, 5) is 0. The van der Waals surface area contributed by atoms with Gasteiger partial charge in [-0.1, -0.05) is 31.8 Å². The summed E-state index contributed by atoms with van der Waals surface area (Å²) in [6.45, 7) is 11.8. The maximum absolute atomic E-state index is 5.59. The molecule has 0 aliphatic rings. The van der Waals surface area contributed by atoms with Crippen molar-refractivity contribution in [2.75, 3.05) is 13.0 Å². The van der Waals surface area contributed by atoms with E-state index in [1.54, 1.807) is 0 Å². The maximum atomic E-state index is 5.59. The predicted octanol–water partition coefficient (Wildman–Crippen LogP) is 3.84. The Bertz CT molecular complexity index is 355. The van der Waals surface area contributed by atoms with E-state index in [1.165, 1.54) is 0 Å². The molecule has 1 aromatic carbocycles. The average Bonchev–Trinajstić information content (AvgIpc) is 2.28. The summed E-state index contributed by atoms with van der Waals surface area (Å²) in [5.74, 6) is 0.897. The molecule has 0 spiro atoms. The van der Waals surface area contributed by atoms with Gasteiger partial charge in [0.1, 0.15) is 12.5 Å². The first-order valence-electron chi connectivity index (χ1n) is 6.78. The van der Waals surface area contributed by atoms with Crippen molar-refractivity contribution >= 4 is 8.07 Å². The van der Waals surface area contributed by atoms with Crippen LogP contribution in [0.15, 0.2) is 24.3 Å². The molecule has 0 atom stereocenters. The van der Waals surface area contributed by atoms with Crippen molar-refractivity contribution in [1.82, 2.24) is 0 Å². The summed E-state index contributed by atoms with van der Waals surface area (Å²) in [6.07, 6.45) is 1.05. The van der Waals surface area contributed by atoms with Gasteiger partial charge >= 0.3 is 0 Å². The minimum atomic E-state index is -1.13. The molecule has 108 valence electrons. The highest BCUT2D eigenvalue weighted by Gasteiger charge is 2.12. The van der Waals surface area contributed by atoms with Crippen molar-refractivity contribution in [1.29, 1.82) is 0 Å². The van der Waals surface area contributed by atoms with Gasteiger partial charge in [-0.25, -0.2) is 0 Å². The second-order valence-corrected chi connectivity index (χ2v) is 11.6. The standard InChI is InChI=1S/C15H26O3Si/c1-13(2)18-15-8-6-14(7-9-15)10-16-11-17-12-19(3,4)5/h6-9,13H,10-12H2,1-5H3. The largest absolute Gasteiger partial charge is 0.491 e. The molecule has 3 nitrogen and oxygen atoms in total. The van der Waals surface area contributed by atoms with Crippen LogP contribution in [-0.2, 0) is 16.1 Å². The lowest BCUT2D eigenvalue weighted by Crippen LogP contribution is -2.28. The van der Waals surface area contributed by atoms with Crippen LogP contribution in [0, 0.1) is 0 Å². The highest BCUT2D eigenvalue weighted by Crippen LogP contribution is 2.14. The van der Waals surface area contributed by atoms with Crippen LogP contribution in [0.5, 0.6) is 5.75 Å². The van der Waals surface area contributed by atoms with E-state index < -0.39 is 8.07 Å². The first-order chi connectivity index (χ1) is 8.87. The van der Waals surface area contributed by atoms with Gasteiger partial charge in [0.05, 0.1) is 20.8 Å². The van der Waals surface area contributed by atoms with Crippen LogP contribution < -0.4 is 4.74 Å². The molecule has 0 saturated carbocycles. The van der Waals surface area contributed by atoms with Gasteiger partial charge in [0.15, 0.2) is 0 Å². The SMILES string of the molecule is CC(C)Oc1ccc(COCOC[Si](C)(C)C)cc1. The van der Waals surface area contributed by atoms with Crippen LogP contribution in [0.1, 0.15) is 19.4 Å². The quantitative estimate of drug-likeness (QED) is 0.412. The van der Waals surface area contributed by atoms with Crippen LogP contribution in [0.2, 0.25) is 19.6 Å². The van der Waals surface area contributed by atoms with E-state index in [-0.39, 0.29) is 6.10 Å². The first-order valence-corrected chi connectivity index (χ1v) is 10.5. The van der Waals surface area contributed by atoms with Crippen molar-refractivity contribution in [2.45, 2.75) is 46.2 Å². The summed E-state index contributed by atoms with van der Waals surface area (Å²) >= 11 is 0. The molecule has 0 aliphatic carbocycles. The molecule has 0 heterocycles. The molecule has 0 fully saturated rings. The second-order valence-electron chi connectivity index (χ2n) is 6.19.